The Morgan fingerprint density at radius 3 is 2.43 bits per heavy atom. The van der Waals surface area contributed by atoms with E-state index >= 15 is 0 Å². The largest absolute Gasteiger partial charge is 0.495 e. The summed E-state index contributed by atoms with van der Waals surface area (Å²) in [7, 11) is 0. The molecule has 5 heteroatoms. The Labute approximate surface area is 135 Å². The van der Waals surface area contributed by atoms with Crippen LogP contribution in [-0.4, -0.2) is 18.4 Å². The topological polar surface area (TPSA) is 95.4 Å². The highest BCUT2D eigenvalue weighted by Crippen LogP contribution is 2.48. The van der Waals surface area contributed by atoms with Gasteiger partial charge in [-0.1, -0.05) is 29.8 Å². The molecule has 3 rings (SSSR count). The molecular weight excluding hydrogens is 292 g/mol. The van der Waals surface area contributed by atoms with Gasteiger partial charge < -0.3 is 16.2 Å². The molecule has 1 aromatic rings. The number of primary amides is 2. The van der Waals surface area contributed by atoms with Gasteiger partial charge in [-0.25, -0.2) is 0 Å². The minimum atomic E-state index is -1.03. The average Bonchev–Trinajstić information content (AvgIpc) is 2.92. The first-order valence-corrected chi connectivity index (χ1v) is 7.57. The minimum Gasteiger partial charge on any atom is -0.495 e. The molecule has 0 spiro atoms. The lowest BCUT2D eigenvalue weighted by Crippen LogP contribution is -2.40. The maximum absolute atomic E-state index is 12.0. The maximum atomic E-state index is 12.0. The molecule has 1 heterocycles. The first kappa shape index (κ1) is 15.3. The Kier molecular flexibility index (Phi) is 3.51. The molecule has 4 N–H and O–H groups in total. The van der Waals surface area contributed by atoms with E-state index in [-0.39, 0.29) is 12.3 Å². The molecule has 0 fully saturated rings. The van der Waals surface area contributed by atoms with Crippen LogP contribution in [0.2, 0.25) is 0 Å². The Hall–Kier alpha value is -2.56. The van der Waals surface area contributed by atoms with Gasteiger partial charge in [0, 0.05) is 17.1 Å². The Morgan fingerprint density at radius 2 is 1.87 bits per heavy atom. The van der Waals surface area contributed by atoms with Crippen LogP contribution in [-0.2, 0) is 14.3 Å². The second-order valence-electron chi connectivity index (χ2n) is 6.47. The zero-order valence-electron chi connectivity index (χ0n) is 13.3. The summed E-state index contributed by atoms with van der Waals surface area (Å²) < 4.78 is 5.84. The fourth-order valence-electron chi connectivity index (χ4n) is 3.27. The third kappa shape index (κ3) is 2.42. The number of benzene rings is 1. The smallest absolute Gasteiger partial charge is 0.244 e. The quantitative estimate of drug-likeness (QED) is 0.888. The summed E-state index contributed by atoms with van der Waals surface area (Å²) >= 11 is 0. The molecule has 0 saturated heterocycles. The first-order valence-electron chi connectivity index (χ1n) is 7.57. The van der Waals surface area contributed by atoms with E-state index in [1.54, 1.807) is 13.0 Å². The summed E-state index contributed by atoms with van der Waals surface area (Å²) in [5.41, 5.74) is 13.5. The molecule has 1 aliphatic carbocycles. The molecule has 5 nitrogen and oxygen atoms in total. The van der Waals surface area contributed by atoms with Crippen LogP contribution in [0.4, 0.5) is 0 Å². The first-order chi connectivity index (χ1) is 10.8. The number of amides is 2. The molecule has 1 aliphatic heterocycles. The molecule has 2 unspecified atom stereocenters. The van der Waals surface area contributed by atoms with Crippen molar-refractivity contribution >= 4 is 11.8 Å². The highest BCUT2D eigenvalue weighted by molar-refractivity contribution is 5.96. The van der Waals surface area contributed by atoms with E-state index in [0.29, 0.717) is 17.9 Å². The SMILES string of the molecule is Cc1ccc(C2COC3=C2C=C(C(N)=O)CC3(C)C(N)=O)cc1. The number of carbonyl (C=O) groups excluding carboxylic acids is 2. The molecule has 0 saturated carbocycles. The fraction of sp³-hybridized carbons (Fsp3) is 0.333. The molecule has 0 aromatic heterocycles. The number of allylic oxidation sites excluding steroid dienone is 1. The summed E-state index contributed by atoms with van der Waals surface area (Å²) in [4.78, 5) is 23.7. The number of ether oxygens (including phenoxy) is 1. The van der Waals surface area contributed by atoms with Gasteiger partial charge in [0.15, 0.2) is 0 Å². The van der Waals surface area contributed by atoms with Crippen molar-refractivity contribution in [3.8, 4) is 0 Å². The van der Waals surface area contributed by atoms with Crippen molar-refractivity contribution in [3.63, 3.8) is 0 Å². The number of rotatable bonds is 3. The van der Waals surface area contributed by atoms with Crippen LogP contribution in [0.1, 0.15) is 30.4 Å². The number of carbonyl (C=O) groups is 2. The lowest BCUT2D eigenvalue weighted by Gasteiger charge is -2.31. The lowest BCUT2D eigenvalue weighted by molar-refractivity contribution is -0.126. The van der Waals surface area contributed by atoms with Gasteiger partial charge in [0.1, 0.15) is 11.2 Å². The molecule has 2 atom stereocenters. The van der Waals surface area contributed by atoms with E-state index in [1.807, 2.05) is 31.2 Å². The van der Waals surface area contributed by atoms with Crippen LogP contribution in [0.15, 0.2) is 47.2 Å². The number of aryl methyl sites for hydroxylation is 1. The molecule has 1 aromatic carbocycles. The van der Waals surface area contributed by atoms with E-state index in [1.165, 1.54) is 5.56 Å². The van der Waals surface area contributed by atoms with Gasteiger partial charge in [0.2, 0.25) is 11.8 Å². The Morgan fingerprint density at radius 1 is 1.22 bits per heavy atom. The summed E-state index contributed by atoms with van der Waals surface area (Å²) in [6.07, 6.45) is 1.94. The van der Waals surface area contributed by atoms with Gasteiger partial charge in [-0.15, -0.1) is 0 Å². The van der Waals surface area contributed by atoms with Crippen LogP contribution >= 0.6 is 0 Å². The molecule has 23 heavy (non-hydrogen) atoms. The lowest BCUT2D eigenvalue weighted by atomic mass is 9.73. The molecule has 0 radical (unpaired) electrons. The van der Waals surface area contributed by atoms with E-state index < -0.39 is 17.2 Å². The standard InChI is InChI=1S/C18H20N2O3/c1-10-3-5-11(6-4-10)14-9-23-15-13(14)7-12(16(19)21)8-18(15,2)17(20)22/h3-7,14H,8-9H2,1-2H3,(H2,19,21)(H2,20,22). The van der Waals surface area contributed by atoms with E-state index in [0.717, 1.165) is 11.1 Å². The molecule has 120 valence electrons. The van der Waals surface area contributed by atoms with E-state index in [2.05, 4.69) is 0 Å². The summed E-state index contributed by atoms with van der Waals surface area (Å²) in [5.74, 6) is -0.500. The van der Waals surface area contributed by atoms with Crippen LogP contribution < -0.4 is 11.5 Å². The minimum absolute atomic E-state index is 0.0288. The van der Waals surface area contributed by atoms with Crippen LogP contribution in [0, 0.1) is 12.3 Å². The number of hydrogen-bond donors (Lipinski definition) is 2. The highest BCUT2D eigenvalue weighted by atomic mass is 16.5. The summed E-state index contributed by atoms with van der Waals surface area (Å²) in [5, 5.41) is 0. The molecular formula is C18H20N2O3. The highest BCUT2D eigenvalue weighted by Gasteiger charge is 2.47. The third-order valence-corrected chi connectivity index (χ3v) is 4.75. The van der Waals surface area contributed by atoms with Crippen molar-refractivity contribution in [2.75, 3.05) is 6.61 Å². The van der Waals surface area contributed by atoms with Gasteiger partial charge in [0.25, 0.3) is 0 Å². The van der Waals surface area contributed by atoms with Gasteiger partial charge in [-0.3, -0.25) is 9.59 Å². The van der Waals surface area contributed by atoms with Gasteiger partial charge in [0.05, 0.1) is 6.61 Å². The number of hydrogen-bond acceptors (Lipinski definition) is 3. The Bertz CT molecular complexity index is 746. The molecule has 0 bridgehead atoms. The predicted molar refractivity (Wildman–Crippen MR) is 86.1 cm³/mol. The van der Waals surface area contributed by atoms with Crippen molar-refractivity contribution in [1.29, 1.82) is 0 Å². The summed E-state index contributed by atoms with van der Waals surface area (Å²) in [6.45, 7) is 4.16. The van der Waals surface area contributed by atoms with Gasteiger partial charge in [-0.05, 0) is 31.9 Å². The van der Waals surface area contributed by atoms with Crippen molar-refractivity contribution in [3.05, 3.63) is 58.4 Å². The average molecular weight is 312 g/mol. The number of nitrogens with two attached hydrogens (primary N) is 2. The molecule has 2 amide bonds. The van der Waals surface area contributed by atoms with Crippen LogP contribution in [0.3, 0.4) is 0 Å². The van der Waals surface area contributed by atoms with Crippen molar-refractivity contribution in [2.24, 2.45) is 16.9 Å². The second kappa shape index (κ2) is 5.26. The Balaban J connectivity index is 2.11. The van der Waals surface area contributed by atoms with E-state index in [4.69, 9.17) is 16.2 Å². The zero-order chi connectivity index (χ0) is 16.8. The van der Waals surface area contributed by atoms with Crippen molar-refractivity contribution < 1.29 is 14.3 Å². The van der Waals surface area contributed by atoms with Gasteiger partial charge in [-0.2, -0.15) is 0 Å². The monoisotopic (exact) mass is 312 g/mol. The van der Waals surface area contributed by atoms with Crippen LogP contribution in [0.5, 0.6) is 0 Å². The predicted octanol–water partition coefficient (Wildman–Crippen LogP) is 1.67. The molecule has 2 aliphatic rings. The summed E-state index contributed by atoms with van der Waals surface area (Å²) in [6, 6.07) is 8.13. The fourth-order valence-corrected chi connectivity index (χ4v) is 3.27. The maximum Gasteiger partial charge on any atom is 0.244 e. The third-order valence-electron chi connectivity index (χ3n) is 4.75. The normalized spacial score (nSPS) is 26.3. The van der Waals surface area contributed by atoms with Crippen molar-refractivity contribution in [1.82, 2.24) is 0 Å². The van der Waals surface area contributed by atoms with Gasteiger partial charge >= 0.3 is 0 Å². The second-order valence-corrected chi connectivity index (χ2v) is 6.47. The van der Waals surface area contributed by atoms with E-state index in [9.17, 15) is 9.59 Å². The van der Waals surface area contributed by atoms with Crippen molar-refractivity contribution in [2.45, 2.75) is 26.2 Å². The zero-order valence-corrected chi connectivity index (χ0v) is 13.3. The van der Waals surface area contributed by atoms with Crippen LogP contribution in [0.25, 0.3) is 0 Å².